The Morgan fingerprint density at radius 3 is 2.61 bits per heavy atom. The lowest BCUT2D eigenvalue weighted by Crippen LogP contribution is -2.31. The number of anilines is 1. The lowest BCUT2D eigenvalue weighted by atomic mass is 10.2. The minimum Gasteiger partial charge on any atom is -0.354 e. The minimum absolute atomic E-state index is 0.498. The van der Waals surface area contributed by atoms with Gasteiger partial charge in [0.25, 0.3) is 0 Å². The van der Waals surface area contributed by atoms with Crippen LogP contribution in [0.5, 0.6) is 0 Å². The first-order valence-corrected chi connectivity index (χ1v) is 7.08. The molecule has 18 heavy (non-hydrogen) atoms. The second-order valence-electron chi connectivity index (χ2n) is 5.45. The van der Waals surface area contributed by atoms with Gasteiger partial charge in [0.15, 0.2) is 0 Å². The Balaban J connectivity index is 2.07. The van der Waals surface area contributed by atoms with E-state index in [1.54, 1.807) is 0 Å². The number of aryl methyl sites for hydroxylation is 1. The second-order valence-corrected chi connectivity index (χ2v) is 5.45. The molecule has 0 radical (unpaired) electrons. The molecule has 1 aromatic heterocycles. The quantitative estimate of drug-likeness (QED) is 0.838. The van der Waals surface area contributed by atoms with Gasteiger partial charge in [-0.2, -0.15) is 0 Å². The number of nitrogens with zero attached hydrogens (tertiary/aromatic N) is 2. The SMILES string of the molecule is CCN(c1ccc(CNC2CC2)c(C)n1)C(C)C. The van der Waals surface area contributed by atoms with Crippen molar-refractivity contribution in [3.63, 3.8) is 0 Å². The van der Waals surface area contributed by atoms with Gasteiger partial charge in [0.1, 0.15) is 5.82 Å². The van der Waals surface area contributed by atoms with E-state index in [1.807, 2.05) is 0 Å². The van der Waals surface area contributed by atoms with Crippen molar-refractivity contribution in [3.05, 3.63) is 23.4 Å². The average molecular weight is 247 g/mol. The van der Waals surface area contributed by atoms with E-state index in [4.69, 9.17) is 4.98 Å². The summed E-state index contributed by atoms with van der Waals surface area (Å²) in [5.41, 5.74) is 2.48. The molecular weight excluding hydrogens is 222 g/mol. The van der Waals surface area contributed by atoms with E-state index >= 15 is 0 Å². The van der Waals surface area contributed by atoms with Crippen molar-refractivity contribution in [3.8, 4) is 0 Å². The van der Waals surface area contributed by atoms with Crippen LogP contribution in [-0.4, -0.2) is 23.6 Å². The molecule has 100 valence electrons. The maximum absolute atomic E-state index is 4.75. The first-order chi connectivity index (χ1) is 8.61. The van der Waals surface area contributed by atoms with Crippen molar-refractivity contribution in [2.75, 3.05) is 11.4 Å². The van der Waals surface area contributed by atoms with Crippen LogP contribution in [0.15, 0.2) is 12.1 Å². The van der Waals surface area contributed by atoms with Crippen LogP contribution >= 0.6 is 0 Å². The lowest BCUT2D eigenvalue weighted by Gasteiger charge is -2.27. The molecule has 0 spiro atoms. The van der Waals surface area contributed by atoms with Crippen molar-refractivity contribution in [2.45, 2.75) is 59.2 Å². The van der Waals surface area contributed by atoms with E-state index in [0.717, 1.165) is 30.6 Å². The van der Waals surface area contributed by atoms with E-state index in [1.165, 1.54) is 18.4 Å². The van der Waals surface area contributed by atoms with Crippen LogP contribution in [0.1, 0.15) is 44.9 Å². The van der Waals surface area contributed by atoms with Gasteiger partial charge >= 0.3 is 0 Å². The fourth-order valence-corrected chi connectivity index (χ4v) is 2.26. The maximum Gasteiger partial charge on any atom is 0.129 e. The number of hydrogen-bond acceptors (Lipinski definition) is 3. The summed E-state index contributed by atoms with van der Waals surface area (Å²) in [6.07, 6.45) is 2.67. The summed E-state index contributed by atoms with van der Waals surface area (Å²) < 4.78 is 0. The molecule has 3 nitrogen and oxygen atoms in total. The van der Waals surface area contributed by atoms with E-state index in [2.05, 4.69) is 50.0 Å². The van der Waals surface area contributed by atoms with Crippen LogP contribution in [0.4, 0.5) is 5.82 Å². The largest absolute Gasteiger partial charge is 0.354 e. The second kappa shape index (κ2) is 5.70. The molecule has 1 aromatic rings. The smallest absolute Gasteiger partial charge is 0.129 e. The van der Waals surface area contributed by atoms with Crippen LogP contribution in [0.2, 0.25) is 0 Å². The van der Waals surface area contributed by atoms with Crippen molar-refractivity contribution in [2.24, 2.45) is 0 Å². The van der Waals surface area contributed by atoms with Crippen LogP contribution in [0.3, 0.4) is 0 Å². The van der Waals surface area contributed by atoms with Gasteiger partial charge in [0, 0.05) is 30.9 Å². The monoisotopic (exact) mass is 247 g/mol. The molecule has 0 aromatic carbocycles. The summed E-state index contributed by atoms with van der Waals surface area (Å²) in [6, 6.07) is 5.63. The molecule has 0 unspecified atom stereocenters. The molecule has 1 saturated carbocycles. The number of rotatable bonds is 6. The first kappa shape index (κ1) is 13.3. The molecule has 2 rings (SSSR count). The minimum atomic E-state index is 0.498. The third kappa shape index (κ3) is 3.22. The normalized spacial score (nSPS) is 15.2. The highest BCUT2D eigenvalue weighted by molar-refractivity contribution is 5.42. The number of hydrogen-bond donors (Lipinski definition) is 1. The molecule has 0 saturated heterocycles. The third-order valence-corrected chi connectivity index (χ3v) is 3.60. The highest BCUT2D eigenvalue weighted by atomic mass is 15.2. The molecule has 1 fully saturated rings. The Morgan fingerprint density at radius 2 is 2.11 bits per heavy atom. The predicted octanol–water partition coefficient (Wildman–Crippen LogP) is 2.88. The van der Waals surface area contributed by atoms with Gasteiger partial charge in [-0.1, -0.05) is 6.07 Å². The maximum atomic E-state index is 4.75. The van der Waals surface area contributed by atoms with Crippen molar-refractivity contribution in [1.29, 1.82) is 0 Å². The number of pyridine rings is 1. The summed E-state index contributed by atoms with van der Waals surface area (Å²) in [4.78, 5) is 7.07. The molecule has 1 heterocycles. The van der Waals surface area contributed by atoms with Gasteiger partial charge in [-0.15, -0.1) is 0 Å². The van der Waals surface area contributed by atoms with Gasteiger partial charge in [-0.05, 0) is 52.2 Å². The number of nitrogens with one attached hydrogen (secondary N) is 1. The van der Waals surface area contributed by atoms with Crippen LogP contribution in [-0.2, 0) is 6.54 Å². The van der Waals surface area contributed by atoms with Crippen LogP contribution in [0.25, 0.3) is 0 Å². The summed E-state index contributed by atoms with van der Waals surface area (Å²) in [7, 11) is 0. The highest BCUT2D eigenvalue weighted by Crippen LogP contribution is 2.21. The van der Waals surface area contributed by atoms with E-state index in [-0.39, 0.29) is 0 Å². The highest BCUT2D eigenvalue weighted by Gasteiger charge is 2.20. The Hall–Kier alpha value is -1.09. The number of aromatic nitrogens is 1. The fourth-order valence-electron chi connectivity index (χ4n) is 2.26. The van der Waals surface area contributed by atoms with Gasteiger partial charge in [0.2, 0.25) is 0 Å². The molecule has 0 amide bonds. The molecule has 0 aliphatic heterocycles. The zero-order valence-electron chi connectivity index (χ0n) is 12.0. The van der Waals surface area contributed by atoms with Gasteiger partial charge in [0.05, 0.1) is 0 Å². The molecule has 0 atom stereocenters. The standard InChI is InChI=1S/C15H25N3/c1-5-18(11(2)3)15-9-6-13(12(4)17-15)10-16-14-7-8-14/h6,9,11,14,16H,5,7-8,10H2,1-4H3. The van der Waals surface area contributed by atoms with Crippen LogP contribution < -0.4 is 10.2 Å². The predicted molar refractivity (Wildman–Crippen MR) is 77.0 cm³/mol. The summed E-state index contributed by atoms with van der Waals surface area (Å²) in [6.45, 7) is 10.7. The molecule has 3 heteroatoms. The lowest BCUT2D eigenvalue weighted by molar-refractivity contribution is 0.674. The molecule has 0 bridgehead atoms. The summed E-state index contributed by atoms with van der Waals surface area (Å²) in [5.74, 6) is 1.10. The summed E-state index contributed by atoms with van der Waals surface area (Å²) in [5, 5.41) is 3.55. The third-order valence-electron chi connectivity index (χ3n) is 3.60. The first-order valence-electron chi connectivity index (χ1n) is 7.08. The Morgan fingerprint density at radius 1 is 1.39 bits per heavy atom. The fraction of sp³-hybridized carbons (Fsp3) is 0.667. The Labute approximate surface area is 111 Å². The van der Waals surface area contributed by atoms with E-state index in [0.29, 0.717) is 6.04 Å². The van der Waals surface area contributed by atoms with Crippen molar-refractivity contribution >= 4 is 5.82 Å². The van der Waals surface area contributed by atoms with E-state index in [9.17, 15) is 0 Å². The average Bonchev–Trinajstić information content (AvgIpc) is 3.12. The van der Waals surface area contributed by atoms with Crippen molar-refractivity contribution in [1.82, 2.24) is 10.3 Å². The Bertz CT molecular complexity index is 397. The topological polar surface area (TPSA) is 28.2 Å². The molecule has 1 aliphatic carbocycles. The van der Waals surface area contributed by atoms with Crippen LogP contribution in [0, 0.1) is 6.92 Å². The zero-order valence-corrected chi connectivity index (χ0v) is 12.0. The zero-order chi connectivity index (χ0) is 13.1. The van der Waals surface area contributed by atoms with Gasteiger partial charge in [-0.25, -0.2) is 4.98 Å². The Kier molecular flexibility index (Phi) is 4.23. The van der Waals surface area contributed by atoms with Gasteiger partial charge < -0.3 is 10.2 Å². The molecule has 1 aliphatic rings. The van der Waals surface area contributed by atoms with E-state index < -0.39 is 0 Å². The van der Waals surface area contributed by atoms with Gasteiger partial charge in [-0.3, -0.25) is 0 Å². The molecule has 1 N–H and O–H groups in total. The molecular formula is C15H25N3. The summed E-state index contributed by atoms with van der Waals surface area (Å²) >= 11 is 0. The van der Waals surface area contributed by atoms with Crippen molar-refractivity contribution < 1.29 is 0 Å².